The first-order chi connectivity index (χ1) is 5.77. The van der Waals surface area contributed by atoms with Crippen LogP contribution in [0, 0.1) is 12.3 Å². The number of hydrogen-bond acceptors (Lipinski definition) is 3. The van der Waals surface area contributed by atoms with Gasteiger partial charge in [-0.15, -0.1) is 12.3 Å². The monoisotopic (exact) mass is 172 g/mol. The smallest absolute Gasteiger partial charge is 0.329 e. The van der Waals surface area contributed by atoms with E-state index in [1.54, 1.807) is 0 Å². The van der Waals surface area contributed by atoms with Gasteiger partial charge in [0.2, 0.25) is 0 Å². The van der Waals surface area contributed by atoms with Gasteiger partial charge in [0.05, 0.1) is 19.8 Å². The van der Waals surface area contributed by atoms with Crippen LogP contribution in [0.3, 0.4) is 0 Å². The fourth-order valence-corrected chi connectivity index (χ4v) is 0.510. The molecule has 0 aromatic rings. The van der Waals surface area contributed by atoms with Crippen LogP contribution in [0.1, 0.15) is 6.42 Å². The number of carboxylic acids is 1. The fourth-order valence-electron chi connectivity index (χ4n) is 0.510. The Morgan fingerprint density at radius 3 is 2.58 bits per heavy atom. The van der Waals surface area contributed by atoms with Gasteiger partial charge in [0, 0.05) is 6.42 Å². The van der Waals surface area contributed by atoms with Crippen molar-refractivity contribution < 1.29 is 19.4 Å². The van der Waals surface area contributed by atoms with Crippen LogP contribution >= 0.6 is 0 Å². The third-order valence-corrected chi connectivity index (χ3v) is 0.988. The minimum Gasteiger partial charge on any atom is -0.480 e. The molecule has 0 aliphatic rings. The van der Waals surface area contributed by atoms with Crippen molar-refractivity contribution in [3.05, 3.63) is 0 Å². The predicted octanol–water partition coefficient (Wildman–Crippen LogP) is 0.128. The molecule has 0 spiro atoms. The van der Waals surface area contributed by atoms with Crippen LogP contribution in [0.4, 0.5) is 0 Å². The molecule has 0 heterocycles. The lowest BCUT2D eigenvalue weighted by molar-refractivity contribution is -0.142. The second-order valence-electron chi connectivity index (χ2n) is 2.01. The summed E-state index contributed by atoms with van der Waals surface area (Å²) < 4.78 is 9.69. The summed E-state index contributed by atoms with van der Waals surface area (Å²) in [7, 11) is 0. The van der Waals surface area contributed by atoms with E-state index in [1.807, 2.05) is 0 Å². The summed E-state index contributed by atoms with van der Waals surface area (Å²) in [5.41, 5.74) is 0. The highest BCUT2D eigenvalue weighted by atomic mass is 16.5. The van der Waals surface area contributed by atoms with E-state index in [-0.39, 0.29) is 13.2 Å². The first-order valence-electron chi connectivity index (χ1n) is 3.58. The summed E-state index contributed by atoms with van der Waals surface area (Å²) in [6, 6.07) is 0. The highest BCUT2D eigenvalue weighted by Gasteiger charge is 1.94. The molecule has 4 nitrogen and oxygen atoms in total. The number of ether oxygens (including phenoxy) is 2. The van der Waals surface area contributed by atoms with E-state index in [2.05, 4.69) is 5.92 Å². The summed E-state index contributed by atoms with van der Waals surface area (Å²) >= 11 is 0. The first kappa shape index (κ1) is 11.0. The van der Waals surface area contributed by atoms with Crippen molar-refractivity contribution in [2.45, 2.75) is 6.42 Å². The van der Waals surface area contributed by atoms with Crippen LogP contribution in [-0.4, -0.2) is 37.5 Å². The Hall–Kier alpha value is -1.05. The van der Waals surface area contributed by atoms with E-state index in [4.69, 9.17) is 21.0 Å². The number of carboxylic acid groups (broad SMARTS) is 1. The molecule has 12 heavy (non-hydrogen) atoms. The lowest BCUT2D eigenvalue weighted by Gasteiger charge is -2.01. The molecular formula is C8H12O4. The zero-order valence-corrected chi connectivity index (χ0v) is 6.78. The van der Waals surface area contributed by atoms with Gasteiger partial charge in [-0.25, -0.2) is 4.79 Å². The molecule has 4 heteroatoms. The van der Waals surface area contributed by atoms with Crippen LogP contribution in [0.2, 0.25) is 0 Å². The summed E-state index contributed by atoms with van der Waals surface area (Å²) in [4.78, 5) is 9.94. The van der Waals surface area contributed by atoms with Crippen LogP contribution in [0.25, 0.3) is 0 Å². The van der Waals surface area contributed by atoms with E-state index < -0.39 is 5.97 Å². The lowest BCUT2D eigenvalue weighted by Crippen LogP contribution is -2.11. The molecule has 0 aliphatic carbocycles. The fraction of sp³-hybridized carbons (Fsp3) is 0.625. The van der Waals surface area contributed by atoms with Gasteiger partial charge in [0.25, 0.3) is 0 Å². The van der Waals surface area contributed by atoms with Gasteiger partial charge in [0.1, 0.15) is 6.61 Å². The van der Waals surface area contributed by atoms with Crippen LogP contribution < -0.4 is 0 Å². The van der Waals surface area contributed by atoms with Crippen molar-refractivity contribution in [2.75, 3.05) is 26.4 Å². The second-order valence-corrected chi connectivity index (χ2v) is 2.01. The quantitative estimate of drug-likeness (QED) is 0.438. The van der Waals surface area contributed by atoms with Crippen molar-refractivity contribution >= 4 is 5.97 Å². The molecule has 0 fully saturated rings. The molecular weight excluding hydrogens is 160 g/mol. The first-order valence-corrected chi connectivity index (χ1v) is 3.58. The predicted molar refractivity (Wildman–Crippen MR) is 42.7 cm³/mol. The maximum Gasteiger partial charge on any atom is 0.329 e. The van der Waals surface area contributed by atoms with Gasteiger partial charge >= 0.3 is 5.97 Å². The van der Waals surface area contributed by atoms with Crippen molar-refractivity contribution in [1.29, 1.82) is 0 Å². The largest absolute Gasteiger partial charge is 0.480 e. The molecule has 0 radical (unpaired) electrons. The van der Waals surface area contributed by atoms with Crippen molar-refractivity contribution in [3.63, 3.8) is 0 Å². The normalized spacial score (nSPS) is 9.25. The molecule has 0 aromatic heterocycles. The average Bonchev–Trinajstić information content (AvgIpc) is 2.02. The molecule has 0 unspecified atom stereocenters. The van der Waals surface area contributed by atoms with E-state index in [1.165, 1.54) is 0 Å². The molecule has 0 bridgehead atoms. The Kier molecular flexibility index (Phi) is 7.35. The molecule has 0 saturated carbocycles. The Balaban J connectivity index is 2.92. The van der Waals surface area contributed by atoms with Crippen LogP contribution in [0.5, 0.6) is 0 Å². The number of aliphatic carboxylic acids is 1. The Bertz CT molecular complexity index is 159. The van der Waals surface area contributed by atoms with E-state index in [9.17, 15) is 4.79 Å². The summed E-state index contributed by atoms with van der Waals surface area (Å²) in [6.45, 7) is 0.886. The second kappa shape index (κ2) is 8.05. The number of hydrogen-bond donors (Lipinski definition) is 1. The molecule has 68 valence electrons. The van der Waals surface area contributed by atoms with Crippen LogP contribution in [0.15, 0.2) is 0 Å². The summed E-state index contributed by atoms with van der Waals surface area (Å²) in [5, 5.41) is 8.16. The number of terminal acetylenes is 1. The minimum atomic E-state index is -0.973. The molecule has 0 aliphatic heterocycles. The third-order valence-electron chi connectivity index (χ3n) is 0.988. The summed E-state index contributed by atoms with van der Waals surface area (Å²) in [5.74, 6) is 1.44. The van der Waals surface area contributed by atoms with Crippen molar-refractivity contribution in [3.8, 4) is 12.3 Å². The maximum absolute atomic E-state index is 9.94. The lowest BCUT2D eigenvalue weighted by atomic mass is 10.5. The maximum atomic E-state index is 9.94. The number of rotatable bonds is 7. The van der Waals surface area contributed by atoms with E-state index in [0.717, 1.165) is 0 Å². The number of carbonyl (C=O) groups is 1. The Morgan fingerprint density at radius 1 is 1.33 bits per heavy atom. The van der Waals surface area contributed by atoms with Crippen molar-refractivity contribution in [1.82, 2.24) is 0 Å². The highest BCUT2D eigenvalue weighted by Crippen LogP contribution is 1.81. The van der Waals surface area contributed by atoms with Gasteiger partial charge in [-0.05, 0) is 0 Å². The van der Waals surface area contributed by atoms with Crippen molar-refractivity contribution in [2.24, 2.45) is 0 Å². The summed E-state index contributed by atoms with van der Waals surface area (Å²) in [6.07, 6.45) is 5.54. The zero-order chi connectivity index (χ0) is 9.23. The van der Waals surface area contributed by atoms with Gasteiger partial charge in [-0.2, -0.15) is 0 Å². The third kappa shape index (κ3) is 8.95. The zero-order valence-electron chi connectivity index (χ0n) is 6.78. The highest BCUT2D eigenvalue weighted by molar-refractivity contribution is 5.67. The minimum absolute atomic E-state index is 0.279. The van der Waals surface area contributed by atoms with Gasteiger partial charge in [-0.1, -0.05) is 0 Å². The van der Waals surface area contributed by atoms with Gasteiger partial charge in [0.15, 0.2) is 0 Å². The standard InChI is InChI=1S/C8H12O4/c1-2-3-4-11-5-6-12-7-8(9)10/h1H,3-7H2,(H,9,10). The van der Waals surface area contributed by atoms with Crippen LogP contribution in [-0.2, 0) is 14.3 Å². The van der Waals surface area contributed by atoms with E-state index >= 15 is 0 Å². The Labute approximate surface area is 71.5 Å². The van der Waals surface area contributed by atoms with Gasteiger partial charge < -0.3 is 14.6 Å². The molecule has 0 rings (SSSR count). The molecule has 1 N–H and O–H groups in total. The van der Waals surface area contributed by atoms with Gasteiger partial charge in [-0.3, -0.25) is 0 Å². The molecule has 0 saturated heterocycles. The van der Waals surface area contributed by atoms with E-state index in [0.29, 0.717) is 19.6 Å². The molecule has 0 amide bonds. The SMILES string of the molecule is C#CCCOCCOCC(=O)O. The molecule has 0 atom stereocenters. The average molecular weight is 172 g/mol. The molecule has 0 aromatic carbocycles. The Morgan fingerprint density at radius 2 is 2.00 bits per heavy atom. The topological polar surface area (TPSA) is 55.8 Å².